The van der Waals surface area contributed by atoms with Crippen LogP contribution in [0.5, 0.6) is 5.75 Å². The summed E-state index contributed by atoms with van der Waals surface area (Å²) in [7, 11) is 0. The molecule has 2 aliphatic rings. The number of para-hydroxylation sites is 1. The number of rotatable bonds is 4. The van der Waals surface area contributed by atoms with Crippen molar-refractivity contribution in [1.29, 1.82) is 0 Å². The Kier molecular flexibility index (Phi) is 9.51. The maximum atomic E-state index is 14.2. The fraction of sp³-hybridized carbons (Fsp3) is 0.333. The van der Waals surface area contributed by atoms with Crippen LogP contribution in [0.4, 0.5) is 14.6 Å². The average Bonchev–Trinajstić information content (AvgIpc) is 3.09. The molecule has 0 atom stereocenters. The van der Waals surface area contributed by atoms with Gasteiger partial charge in [-0.1, -0.05) is 42.5 Å². The van der Waals surface area contributed by atoms with Gasteiger partial charge in [0.15, 0.2) is 0 Å². The minimum atomic E-state index is -0.774. The molecule has 0 saturated carbocycles. The van der Waals surface area contributed by atoms with Crippen molar-refractivity contribution in [3.05, 3.63) is 120 Å². The zero-order chi connectivity index (χ0) is 31.9. The van der Waals surface area contributed by atoms with Crippen molar-refractivity contribution in [1.82, 2.24) is 19.8 Å². The number of amides is 2. The first-order valence-electron chi connectivity index (χ1n) is 15.7. The van der Waals surface area contributed by atoms with Crippen molar-refractivity contribution in [2.24, 2.45) is 5.41 Å². The van der Waals surface area contributed by atoms with Crippen molar-refractivity contribution in [2.75, 3.05) is 44.2 Å². The van der Waals surface area contributed by atoms with Gasteiger partial charge in [-0.15, -0.1) is 0 Å². The van der Waals surface area contributed by atoms with Crippen LogP contribution in [-0.2, 0) is 6.54 Å². The van der Waals surface area contributed by atoms with Gasteiger partial charge in [0.25, 0.3) is 11.8 Å². The number of nitrogens with zero attached hydrogens (tertiary/aromatic N) is 5. The third-order valence-corrected chi connectivity index (χ3v) is 9.02. The largest absolute Gasteiger partial charge is 0.492 e. The fourth-order valence-electron chi connectivity index (χ4n) is 6.42. The second kappa shape index (κ2) is 14.1. The lowest BCUT2D eigenvalue weighted by Crippen LogP contribution is -2.46. The molecule has 1 spiro atoms. The molecule has 0 bridgehead atoms. The fourth-order valence-corrected chi connectivity index (χ4v) is 6.42. The third-order valence-electron chi connectivity index (χ3n) is 9.02. The lowest BCUT2D eigenvalue weighted by molar-refractivity contribution is 0.0363. The predicted octanol–water partition coefficient (Wildman–Crippen LogP) is 6.00. The number of ether oxygens (including phenoxy) is 1. The van der Waals surface area contributed by atoms with Crippen LogP contribution in [0.1, 0.15) is 52.0 Å². The summed E-state index contributed by atoms with van der Waals surface area (Å²) in [5.74, 6) is -0.773. The summed E-state index contributed by atoms with van der Waals surface area (Å²) in [6, 6.07) is 20.2. The van der Waals surface area contributed by atoms with E-state index in [1.165, 1.54) is 0 Å². The molecule has 46 heavy (non-hydrogen) atoms. The van der Waals surface area contributed by atoms with Crippen LogP contribution < -0.4 is 9.64 Å². The smallest absolute Gasteiger partial charge is 0.257 e. The molecule has 1 aromatic heterocycles. The number of fused-ring (bicyclic) bond motifs is 1. The number of carbonyl (C=O) groups is 2. The standard InChI is InChI=1S/C36H37F2N5O3/c37-29-21-28(22-30(38)23-29)34(44)42-17-12-36(13-18-42)11-6-16-41(33-24-39-14-15-40-33)19-20-43(25-27-7-2-1-3-8-27)35(45)31-9-4-5-10-32(31)46-26-36/h1-5,7-10,14-15,21-24H,6,11-13,16-20,25-26H2. The van der Waals surface area contributed by atoms with Crippen molar-refractivity contribution in [2.45, 2.75) is 32.2 Å². The van der Waals surface area contributed by atoms with Gasteiger partial charge < -0.3 is 19.4 Å². The van der Waals surface area contributed by atoms with Crippen LogP contribution in [0.15, 0.2) is 91.4 Å². The molecule has 238 valence electrons. The van der Waals surface area contributed by atoms with Crippen LogP contribution in [0, 0.1) is 17.0 Å². The highest BCUT2D eigenvalue weighted by atomic mass is 19.1. The Labute approximate surface area is 267 Å². The van der Waals surface area contributed by atoms with Gasteiger partial charge in [-0.25, -0.2) is 13.8 Å². The van der Waals surface area contributed by atoms with Crippen LogP contribution in [0.2, 0.25) is 0 Å². The third kappa shape index (κ3) is 7.33. The van der Waals surface area contributed by atoms with E-state index in [1.807, 2.05) is 59.5 Å². The molecule has 8 nitrogen and oxygen atoms in total. The van der Waals surface area contributed by atoms with E-state index >= 15 is 0 Å². The normalized spacial score (nSPS) is 17.3. The minimum Gasteiger partial charge on any atom is -0.492 e. The number of anilines is 1. The topological polar surface area (TPSA) is 78.9 Å². The molecule has 10 heteroatoms. The molecule has 3 heterocycles. The van der Waals surface area contributed by atoms with Crippen molar-refractivity contribution >= 4 is 17.6 Å². The Hall–Kier alpha value is -4.86. The number of halogens is 2. The Balaban J connectivity index is 1.27. The van der Waals surface area contributed by atoms with Crippen LogP contribution in [0.3, 0.4) is 0 Å². The molecule has 1 fully saturated rings. The average molecular weight is 626 g/mol. The first-order chi connectivity index (χ1) is 22.4. The summed E-state index contributed by atoms with van der Waals surface area (Å²) in [6.45, 7) is 3.43. The minimum absolute atomic E-state index is 0.00625. The molecule has 0 N–H and O–H groups in total. The summed E-state index contributed by atoms with van der Waals surface area (Å²) in [6.07, 6.45) is 8.02. The molecule has 2 amide bonds. The Morgan fingerprint density at radius 1 is 0.848 bits per heavy atom. The van der Waals surface area contributed by atoms with E-state index in [2.05, 4.69) is 14.9 Å². The highest BCUT2D eigenvalue weighted by Crippen LogP contribution is 2.38. The predicted molar refractivity (Wildman–Crippen MR) is 171 cm³/mol. The van der Waals surface area contributed by atoms with Gasteiger partial charge >= 0.3 is 0 Å². The highest BCUT2D eigenvalue weighted by molar-refractivity contribution is 5.97. The molecule has 1 saturated heterocycles. The first-order valence-corrected chi connectivity index (χ1v) is 15.7. The van der Waals surface area contributed by atoms with Crippen LogP contribution in [-0.4, -0.2) is 70.9 Å². The van der Waals surface area contributed by atoms with Gasteiger partial charge in [0.05, 0.1) is 18.4 Å². The summed E-state index contributed by atoms with van der Waals surface area (Å²) in [5, 5.41) is 0. The van der Waals surface area contributed by atoms with Gasteiger partial charge in [0, 0.05) is 68.7 Å². The number of carbonyl (C=O) groups excluding carboxylic acids is 2. The van der Waals surface area contributed by atoms with E-state index in [-0.39, 0.29) is 22.8 Å². The van der Waals surface area contributed by atoms with Gasteiger partial charge in [-0.2, -0.15) is 0 Å². The number of likely N-dealkylation sites (tertiary alicyclic amines) is 1. The van der Waals surface area contributed by atoms with Crippen molar-refractivity contribution in [3.8, 4) is 5.75 Å². The van der Waals surface area contributed by atoms with E-state index < -0.39 is 11.6 Å². The number of hydrogen-bond acceptors (Lipinski definition) is 6. The number of aromatic nitrogens is 2. The zero-order valence-corrected chi connectivity index (χ0v) is 25.7. The Morgan fingerprint density at radius 3 is 2.33 bits per heavy atom. The molecule has 3 aromatic carbocycles. The molecule has 6 rings (SSSR count). The summed E-state index contributed by atoms with van der Waals surface area (Å²) in [5.41, 5.74) is 1.27. The highest BCUT2D eigenvalue weighted by Gasteiger charge is 2.37. The number of piperidine rings is 1. The zero-order valence-electron chi connectivity index (χ0n) is 25.7. The van der Waals surface area contributed by atoms with E-state index in [9.17, 15) is 18.4 Å². The van der Waals surface area contributed by atoms with Crippen molar-refractivity contribution < 1.29 is 23.1 Å². The maximum Gasteiger partial charge on any atom is 0.257 e. The second-order valence-corrected chi connectivity index (χ2v) is 12.1. The monoisotopic (exact) mass is 625 g/mol. The molecular weight excluding hydrogens is 588 g/mol. The lowest BCUT2D eigenvalue weighted by Gasteiger charge is -2.42. The summed E-state index contributed by atoms with van der Waals surface area (Å²) < 4.78 is 34.2. The van der Waals surface area contributed by atoms with E-state index in [4.69, 9.17) is 4.74 Å². The molecule has 0 radical (unpaired) electrons. The summed E-state index contributed by atoms with van der Waals surface area (Å²) in [4.78, 5) is 41.9. The van der Waals surface area contributed by atoms with Gasteiger partial charge in [-0.05, 0) is 55.5 Å². The van der Waals surface area contributed by atoms with Crippen molar-refractivity contribution in [3.63, 3.8) is 0 Å². The quantitative estimate of drug-likeness (QED) is 0.277. The molecule has 0 aliphatic carbocycles. The SMILES string of the molecule is O=C(c1cc(F)cc(F)c1)N1CCC2(CCCN(c3cnccn3)CCN(Cc3ccccc3)C(=O)c3ccccc3OC2)CC1. The molecule has 0 unspecified atom stereocenters. The Morgan fingerprint density at radius 2 is 1.59 bits per heavy atom. The second-order valence-electron chi connectivity index (χ2n) is 12.1. The van der Waals surface area contributed by atoms with E-state index in [1.54, 1.807) is 23.5 Å². The van der Waals surface area contributed by atoms with Gasteiger partial charge in [0.1, 0.15) is 23.2 Å². The van der Waals surface area contributed by atoms with E-state index in [0.29, 0.717) is 70.0 Å². The number of hydrogen-bond donors (Lipinski definition) is 0. The van der Waals surface area contributed by atoms with E-state index in [0.717, 1.165) is 42.4 Å². The first kappa shape index (κ1) is 31.1. The molecule has 4 aromatic rings. The van der Waals surface area contributed by atoms with Gasteiger partial charge in [-0.3, -0.25) is 14.6 Å². The lowest BCUT2D eigenvalue weighted by atomic mass is 9.75. The molecule has 2 aliphatic heterocycles. The van der Waals surface area contributed by atoms with Crippen LogP contribution in [0.25, 0.3) is 0 Å². The Bertz CT molecular complexity index is 1630. The van der Waals surface area contributed by atoms with Crippen LogP contribution >= 0.6 is 0 Å². The summed E-state index contributed by atoms with van der Waals surface area (Å²) >= 11 is 0. The maximum absolute atomic E-state index is 14.2. The molecular formula is C36H37F2N5O3. The number of benzene rings is 3. The van der Waals surface area contributed by atoms with Gasteiger partial charge in [0.2, 0.25) is 0 Å².